The van der Waals surface area contributed by atoms with Crippen LogP contribution in [-0.2, 0) is 38.0 Å². The minimum absolute atomic E-state index is 0.0000540. The minimum atomic E-state index is -3.90. The molecule has 0 radical (unpaired) electrons. The number of nitrogens with zero attached hydrogens (tertiary/aromatic N) is 2. The number of halogens is 1. The lowest BCUT2D eigenvalue weighted by molar-refractivity contribution is -0.140. The van der Waals surface area contributed by atoms with E-state index in [1.165, 1.54) is 55.1 Å². The maximum absolute atomic E-state index is 15.2. The number of rotatable bonds is 12. The summed E-state index contributed by atoms with van der Waals surface area (Å²) in [5, 5.41) is 3.19. The Kier molecular flexibility index (Phi) is 10.1. The first kappa shape index (κ1) is 34.7. The van der Waals surface area contributed by atoms with Gasteiger partial charge in [-0.05, 0) is 104 Å². The number of carbonyl (C=O) groups excluding carboxylic acids is 2. The fourth-order valence-electron chi connectivity index (χ4n) is 9.97. The lowest BCUT2D eigenvalue weighted by atomic mass is 9.48. The number of sulfonamides is 1. The van der Waals surface area contributed by atoms with Gasteiger partial charge in [-0.25, -0.2) is 12.8 Å². The lowest BCUT2D eigenvalue weighted by Crippen LogP contribution is -2.55. The smallest absolute Gasteiger partial charge is 0.244 e. The van der Waals surface area contributed by atoms with E-state index in [4.69, 9.17) is 0 Å². The van der Waals surface area contributed by atoms with Crippen LogP contribution in [0.2, 0.25) is 0 Å². The molecule has 2 amide bonds. The first-order chi connectivity index (χ1) is 24.1. The lowest BCUT2D eigenvalue weighted by Gasteiger charge is -2.57. The third-order valence-corrected chi connectivity index (χ3v) is 13.1. The van der Waals surface area contributed by atoms with Gasteiger partial charge in [0.15, 0.2) is 0 Å². The molecule has 3 aromatic rings. The molecule has 3 aromatic carbocycles. The second-order valence-electron chi connectivity index (χ2n) is 15.7. The van der Waals surface area contributed by atoms with Crippen molar-refractivity contribution in [2.24, 2.45) is 17.8 Å². The monoisotopic (exact) mass is 699 g/mol. The van der Waals surface area contributed by atoms with Crippen molar-refractivity contribution in [3.05, 3.63) is 101 Å². The largest absolute Gasteiger partial charge is 0.352 e. The van der Waals surface area contributed by atoms with Crippen LogP contribution in [0.1, 0.15) is 87.3 Å². The Balaban J connectivity index is 1.19. The molecule has 0 spiro atoms. The molecular weight excluding hydrogens is 650 g/mol. The Morgan fingerprint density at radius 3 is 2.04 bits per heavy atom. The standard InChI is InChI=1S/C41H50FN3O4S/c1-50(48,49)45(36-18-16-34(17-19-36)41-24-30-20-31(25-41)22-32(21-30)26-41)28-39(46)44(27-33-12-8-9-15-37(33)42)38(23-29-10-4-2-5-11-29)40(47)43-35-13-6-3-7-14-35/h2,4-5,8-12,15-19,30-32,35,38H,3,6-7,13-14,20-28H2,1H3,(H,43,47). The molecule has 5 aliphatic carbocycles. The van der Waals surface area contributed by atoms with E-state index >= 15 is 4.39 Å². The molecule has 0 aromatic heterocycles. The number of benzene rings is 3. The van der Waals surface area contributed by atoms with Gasteiger partial charge in [0.2, 0.25) is 21.8 Å². The summed E-state index contributed by atoms with van der Waals surface area (Å²) in [6, 6.07) is 22.5. The van der Waals surface area contributed by atoms with Crippen LogP contribution in [0.25, 0.3) is 0 Å². The predicted molar refractivity (Wildman–Crippen MR) is 194 cm³/mol. The average Bonchev–Trinajstić information content (AvgIpc) is 3.09. The first-order valence-electron chi connectivity index (χ1n) is 18.5. The van der Waals surface area contributed by atoms with E-state index in [9.17, 15) is 18.0 Å². The van der Waals surface area contributed by atoms with E-state index < -0.39 is 34.3 Å². The molecule has 7 nitrogen and oxygen atoms in total. The van der Waals surface area contributed by atoms with E-state index in [0.717, 1.165) is 66.0 Å². The van der Waals surface area contributed by atoms with Gasteiger partial charge in [0, 0.05) is 24.6 Å². The fourth-order valence-corrected chi connectivity index (χ4v) is 10.8. The van der Waals surface area contributed by atoms with Crippen molar-refractivity contribution in [1.29, 1.82) is 0 Å². The van der Waals surface area contributed by atoms with Crippen LogP contribution in [0.5, 0.6) is 0 Å². The molecule has 5 fully saturated rings. The van der Waals surface area contributed by atoms with E-state index in [1.807, 2.05) is 42.5 Å². The Morgan fingerprint density at radius 2 is 1.44 bits per heavy atom. The number of anilines is 1. The highest BCUT2D eigenvalue weighted by Crippen LogP contribution is 2.60. The summed E-state index contributed by atoms with van der Waals surface area (Å²) in [6.07, 6.45) is 13.8. The van der Waals surface area contributed by atoms with Crippen LogP contribution < -0.4 is 9.62 Å². The van der Waals surface area contributed by atoms with Gasteiger partial charge < -0.3 is 10.2 Å². The Hall–Kier alpha value is -3.72. The maximum Gasteiger partial charge on any atom is 0.244 e. The third kappa shape index (κ3) is 7.63. The van der Waals surface area contributed by atoms with Gasteiger partial charge in [-0.1, -0.05) is 79.9 Å². The maximum atomic E-state index is 15.2. The molecular formula is C41H50FN3O4S. The Labute approximate surface area is 296 Å². The third-order valence-electron chi connectivity index (χ3n) is 12.0. The molecule has 5 saturated carbocycles. The van der Waals surface area contributed by atoms with Crippen molar-refractivity contribution in [1.82, 2.24) is 10.2 Å². The average molecular weight is 700 g/mol. The van der Waals surface area contributed by atoms with Crippen LogP contribution in [0.3, 0.4) is 0 Å². The van der Waals surface area contributed by atoms with Crippen molar-refractivity contribution in [3.63, 3.8) is 0 Å². The summed E-state index contributed by atoms with van der Waals surface area (Å²) >= 11 is 0. The van der Waals surface area contributed by atoms with Gasteiger partial charge in [0.05, 0.1) is 11.9 Å². The number of amides is 2. The molecule has 50 heavy (non-hydrogen) atoms. The highest BCUT2D eigenvalue weighted by Gasteiger charge is 2.51. The summed E-state index contributed by atoms with van der Waals surface area (Å²) < 4.78 is 43.1. The zero-order valence-electron chi connectivity index (χ0n) is 29.1. The van der Waals surface area contributed by atoms with Gasteiger partial charge >= 0.3 is 0 Å². The summed E-state index contributed by atoms with van der Waals surface area (Å²) in [7, 11) is -3.90. The highest BCUT2D eigenvalue weighted by atomic mass is 32.2. The molecule has 4 bridgehead atoms. The molecule has 1 atom stereocenters. The quantitative estimate of drug-likeness (QED) is 0.218. The predicted octanol–water partition coefficient (Wildman–Crippen LogP) is 7.15. The highest BCUT2D eigenvalue weighted by molar-refractivity contribution is 7.92. The number of carbonyl (C=O) groups is 2. The van der Waals surface area contributed by atoms with E-state index in [2.05, 4.69) is 17.4 Å². The number of hydrogen-bond donors (Lipinski definition) is 1. The molecule has 8 rings (SSSR count). The van der Waals surface area contributed by atoms with Gasteiger partial charge in [-0.3, -0.25) is 13.9 Å². The zero-order chi connectivity index (χ0) is 34.9. The van der Waals surface area contributed by atoms with E-state index in [0.29, 0.717) is 5.69 Å². The number of nitrogens with one attached hydrogen (secondary N) is 1. The molecule has 1 unspecified atom stereocenters. The molecule has 0 aliphatic heterocycles. The van der Waals surface area contributed by atoms with Crippen LogP contribution in [-0.4, -0.2) is 50.0 Å². The van der Waals surface area contributed by atoms with Crippen molar-refractivity contribution in [2.75, 3.05) is 17.1 Å². The molecule has 266 valence electrons. The van der Waals surface area contributed by atoms with Gasteiger partial charge in [0.25, 0.3) is 0 Å². The minimum Gasteiger partial charge on any atom is -0.352 e. The molecule has 5 aliphatic rings. The first-order valence-corrected chi connectivity index (χ1v) is 20.4. The second-order valence-corrected chi connectivity index (χ2v) is 17.6. The van der Waals surface area contributed by atoms with Gasteiger partial charge in [-0.15, -0.1) is 0 Å². The SMILES string of the molecule is CS(=O)(=O)N(CC(=O)N(Cc1ccccc1F)C(Cc1ccccc1)C(=O)NC1CCCCC1)c1ccc(C23CC4CC(CC(C4)C2)C3)cc1. The fraction of sp³-hybridized carbons (Fsp3) is 0.512. The normalized spacial score (nSPS) is 25.2. The summed E-state index contributed by atoms with van der Waals surface area (Å²) in [5.41, 5.74) is 2.94. The van der Waals surface area contributed by atoms with Gasteiger partial charge in [0.1, 0.15) is 18.4 Å². The Bertz CT molecular complexity index is 1740. The molecule has 0 saturated heterocycles. The summed E-state index contributed by atoms with van der Waals surface area (Å²) in [4.78, 5) is 30.1. The number of hydrogen-bond acceptors (Lipinski definition) is 4. The van der Waals surface area contributed by atoms with E-state index in [1.54, 1.807) is 18.2 Å². The molecule has 9 heteroatoms. The van der Waals surface area contributed by atoms with Crippen molar-refractivity contribution in [2.45, 2.75) is 101 Å². The molecule has 0 heterocycles. The summed E-state index contributed by atoms with van der Waals surface area (Å²) in [6.45, 7) is -0.685. The summed E-state index contributed by atoms with van der Waals surface area (Å²) in [5.74, 6) is 0.985. The zero-order valence-corrected chi connectivity index (χ0v) is 29.9. The van der Waals surface area contributed by atoms with Crippen LogP contribution in [0.4, 0.5) is 10.1 Å². The van der Waals surface area contributed by atoms with Crippen molar-refractivity contribution >= 4 is 27.5 Å². The Morgan fingerprint density at radius 1 is 0.840 bits per heavy atom. The van der Waals surface area contributed by atoms with Crippen LogP contribution in [0.15, 0.2) is 78.9 Å². The van der Waals surface area contributed by atoms with Gasteiger partial charge in [-0.2, -0.15) is 0 Å². The second kappa shape index (κ2) is 14.5. The van der Waals surface area contributed by atoms with Crippen molar-refractivity contribution in [3.8, 4) is 0 Å². The van der Waals surface area contributed by atoms with Crippen molar-refractivity contribution < 1.29 is 22.4 Å². The molecule has 1 N–H and O–H groups in total. The van der Waals surface area contributed by atoms with E-state index in [-0.39, 0.29) is 35.9 Å². The van der Waals surface area contributed by atoms with Crippen LogP contribution >= 0.6 is 0 Å². The topological polar surface area (TPSA) is 86.8 Å². The van der Waals surface area contributed by atoms with Crippen LogP contribution in [0, 0.1) is 23.6 Å².